The van der Waals surface area contributed by atoms with Crippen LogP contribution in [0.25, 0.3) is 0 Å². The van der Waals surface area contributed by atoms with Gasteiger partial charge in [-0.3, -0.25) is 9.59 Å². The third-order valence-electron chi connectivity index (χ3n) is 4.54. The van der Waals surface area contributed by atoms with Crippen molar-refractivity contribution in [2.75, 3.05) is 5.32 Å². The Morgan fingerprint density at radius 1 is 0.966 bits per heavy atom. The van der Waals surface area contributed by atoms with E-state index in [0.29, 0.717) is 12.0 Å². The first-order valence-electron chi connectivity index (χ1n) is 9.57. The molecule has 2 aromatic rings. The van der Waals surface area contributed by atoms with Gasteiger partial charge in [0, 0.05) is 17.7 Å². The van der Waals surface area contributed by atoms with Crippen molar-refractivity contribution in [3.8, 4) is 5.75 Å². The first-order valence-corrected chi connectivity index (χ1v) is 9.57. The SMILES string of the molecule is CCCCCCCC(=O)c1ccc(O)c(C(=O)Nc2ccc(C(F)(F)F)cc2)c1. The van der Waals surface area contributed by atoms with Gasteiger partial charge in [0.1, 0.15) is 5.75 Å². The molecule has 0 saturated heterocycles. The van der Waals surface area contributed by atoms with E-state index in [-0.39, 0.29) is 22.8 Å². The second-order valence-corrected chi connectivity index (χ2v) is 6.85. The van der Waals surface area contributed by atoms with Crippen LogP contribution in [0.2, 0.25) is 0 Å². The molecule has 4 nitrogen and oxygen atoms in total. The van der Waals surface area contributed by atoms with Gasteiger partial charge in [0.2, 0.25) is 0 Å². The molecule has 0 heterocycles. The molecular formula is C22H24F3NO3. The number of amides is 1. The number of hydrogen-bond acceptors (Lipinski definition) is 3. The number of carbonyl (C=O) groups is 2. The first-order chi connectivity index (χ1) is 13.7. The van der Waals surface area contributed by atoms with E-state index in [1.807, 2.05) is 0 Å². The minimum absolute atomic E-state index is 0.110. The van der Waals surface area contributed by atoms with Gasteiger partial charge >= 0.3 is 6.18 Å². The third kappa shape index (κ3) is 6.62. The normalized spacial score (nSPS) is 11.3. The van der Waals surface area contributed by atoms with Crippen LogP contribution in [-0.2, 0) is 6.18 Å². The Labute approximate surface area is 167 Å². The number of halogens is 3. The van der Waals surface area contributed by atoms with Crippen molar-refractivity contribution in [3.05, 3.63) is 59.2 Å². The van der Waals surface area contributed by atoms with Gasteiger partial charge in [0.25, 0.3) is 5.91 Å². The number of phenolic OH excluding ortho intramolecular Hbond substituents is 1. The van der Waals surface area contributed by atoms with Crippen molar-refractivity contribution < 1.29 is 27.9 Å². The molecule has 0 aliphatic heterocycles. The lowest BCUT2D eigenvalue weighted by atomic mass is 10.0. The number of alkyl halides is 3. The molecule has 0 unspecified atom stereocenters. The highest BCUT2D eigenvalue weighted by molar-refractivity contribution is 6.08. The smallest absolute Gasteiger partial charge is 0.416 e. The largest absolute Gasteiger partial charge is 0.507 e. The van der Waals surface area contributed by atoms with E-state index in [9.17, 15) is 27.9 Å². The molecule has 2 N–H and O–H groups in total. The predicted molar refractivity (Wildman–Crippen MR) is 105 cm³/mol. The lowest BCUT2D eigenvalue weighted by molar-refractivity contribution is -0.137. The number of nitrogens with one attached hydrogen (secondary N) is 1. The molecule has 1 amide bonds. The van der Waals surface area contributed by atoms with Gasteiger partial charge in [0.15, 0.2) is 5.78 Å². The van der Waals surface area contributed by atoms with Gasteiger partial charge in [-0.05, 0) is 48.9 Å². The zero-order valence-corrected chi connectivity index (χ0v) is 16.2. The van der Waals surface area contributed by atoms with E-state index in [1.54, 1.807) is 0 Å². The van der Waals surface area contributed by atoms with Crippen molar-refractivity contribution in [1.29, 1.82) is 0 Å². The maximum Gasteiger partial charge on any atom is 0.416 e. The highest BCUT2D eigenvalue weighted by atomic mass is 19.4. The van der Waals surface area contributed by atoms with Crippen LogP contribution < -0.4 is 5.32 Å². The van der Waals surface area contributed by atoms with Crippen molar-refractivity contribution in [3.63, 3.8) is 0 Å². The predicted octanol–water partition coefficient (Wildman–Crippen LogP) is 6.21. The summed E-state index contributed by atoms with van der Waals surface area (Å²) < 4.78 is 37.9. The van der Waals surface area contributed by atoms with Crippen molar-refractivity contribution in [2.45, 2.75) is 51.6 Å². The quantitative estimate of drug-likeness (QED) is 0.384. The number of Topliss-reactive ketones (excluding diaryl/α,β-unsaturated/α-hetero) is 1. The Morgan fingerprint density at radius 2 is 1.62 bits per heavy atom. The maximum absolute atomic E-state index is 12.6. The molecule has 0 aromatic heterocycles. The van der Waals surface area contributed by atoms with Crippen LogP contribution >= 0.6 is 0 Å². The Bertz CT molecular complexity index is 845. The van der Waals surface area contributed by atoms with Gasteiger partial charge in [0.05, 0.1) is 11.1 Å². The van der Waals surface area contributed by atoms with Gasteiger partial charge in [-0.2, -0.15) is 13.2 Å². The number of benzene rings is 2. The highest BCUT2D eigenvalue weighted by Crippen LogP contribution is 2.30. The molecule has 29 heavy (non-hydrogen) atoms. The van der Waals surface area contributed by atoms with E-state index in [2.05, 4.69) is 12.2 Å². The number of anilines is 1. The van der Waals surface area contributed by atoms with Crippen LogP contribution in [-0.4, -0.2) is 16.8 Å². The van der Waals surface area contributed by atoms with Crippen LogP contribution in [0.1, 0.15) is 71.7 Å². The molecule has 0 bridgehead atoms. The molecule has 2 aromatic carbocycles. The van der Waals surface area contributed by atoms with E-state index in [4.69, 9.17) is 0 Å². The van der Waals surface area contributed by atoms with Gasteiger partial charge in [-0.15, -0.1) is 0 Å². The number of carbonyl (C=O) groups excluding carboxylic acids is 2. The molecule has 7 heteroatoms. The summed E-state index contributed by atoms with van der Waals surface area (Å²) >= 11 is 0. The zero-order chi connectivity index (χ0) is 21.4. The summed E-state index contributed by atoms with van der Waals surface area (Å²) in [7, 11) is 0. The topological polar surface area (TPSA) is 66.4 Å². The van der Waals surface area contributed by atoms with E-state index in [0.717, 1.165) is 56.4 Å². The summed E-state index contributed by atoms with van der Waals surface area (Å²) in [5, 5.41) is 12.4. The Kier molecular flexibility index (Phi) is 7.82. The van der Waals surface area contributed by atoms with Crippen LogP contribution in [0.3, 0.4) is 0 Å². The molecular weight excluding hydrogens is 383 g/mol. The van der Waals surface area contributed by atoms with Crippen LogP contribution in [0.15, 0.2) is 42.5 Å². The van der Waals surface area contributed by atoms with E-state index in [1.165, 1.54) is 18.2 Å². The second kappa shape index (κ2) is 10.1. The number of aromatic hydroxyl groups is 1. The lowest BCUT2D eigenvalue weighted by Gasteiger charge is -2.10. The van der Waals surface area contributed by atoms with Gasteiger partial charge in [-0.25, -0.2) is 0 Å². The van der Waals surface area contributed by atoms with Crippen molar-refractivity contribution in [1.82, 2.24) is 0 Å². The van der Waals surface area contributed by atoms with Crippen LogP contribution in [0.5, 0.6) is 5.75 Å². The fourth-order valence-corrected chi connectivity index (χ4v) is 2.87. The Balaban J connectivity index is 2.04. The average Bonchev–Trinajstić information content (AvgIpc) is 2.67. The van der Waals surface area contributed by atoms with Crippen LogP contribution in [0.4, 0.5) is 18.9 Å². The monoisotopic (exact) mass is 407 g/mol. The van der Waals surface area contributed by atoms with E-state index >= 15 is 0 Å². The van der Waals surface area contributed by atoms with Crippen molar-refractivity contribution in [2.24, 2.45) is 0 Å². The summed E-state index contributed by atoms with van der Waals surface area (Å²) in [6.07, 6.45) is 0.914. The number of rotatable bonds is 9. The van der Waals surface area contributed by atoms with Gasteiger partial charge < -0.3 is 10.4 Å². The van der Waals surface area contributed by atoms with E-state index < -0.39 is 17.6 Å². The fraction of sp³-hybridized carbons (Fsp3) is 0.364. The van der Waals surface area contributed by atoms with Crippen molar-refractivity contribution >= 4 is 17.4 Å². The summed E-state index contributed by atoms with van der Waals surface area (Å²) in [6.45, 7) is 2.11. The molecule has 0 atom stereocenters. The maximum atomic E-state index is 12.6. The van der Waals surface area contributed by atoms with Gasteiger partial charge in [-0.1, -0.05) is 32.6 Å². The van der Waals surface area contributed by atoms with Crippen LogP contribution in [0, 0.1) is 0 Å². The summed E-state index contributed by atoms with van der Waals surface area (Å²) in [4.78, 5) is 24.8. The molecule has 0 saturated carbocycles. The minimum Gasteiger partial charge on any atom is -0.507 e. The number of hydrogen-bond donors (Lipinski definition) is 2. The number of ketones is 1. The number of phenols is 1. The summed E-state index contributed by atoms with van der Waals surface area (Å²) in [5.41, 5.74) is -0.475. The Morgan fingerprint density at radius 3 is 2.24 bits per heavy atom. The average molecular weight is 407 g/mol. The molecule has 0 aliphatic rings. The Hall–Kier alpha value is -2.83. The molecule has 0 aliphatic carbocycles. The molecule has 0 fully saturated rings. The number of unbranched alkanes of at least 4 members (excludes halogenated alkanes) is 4. The highest BCUT2D eigenvalue weighted by Gasteiger charge is 2.30. The first kappa shape index (κ1) is 22.5. The molecule has 2 rings (SSSR count). The summed E-state index contributed by atoms with van der Waals surface area (Å²) in [5.74, 6) is -1.14. The summed E-state index contributed by atoms with van der Waals surface area (Å²) in [6, 6.07) is 8.00. The second-order valence-electron chi connectivity index (χ2n) is 6.85. The lowest BCUT2D eigenvalue weighted by Crippen LogP contribution is -2.13. The standard InChI is InChI=1S/C22H24F3NO3/c1-2-3-4-5-6-7-19(27)15-8-13-20(28)18(14-15)21(29)26-17-11-9-16(10-12-17)22(23,24)25/h8-14,28H,2-7H2,1H3,(H,26,29). The fourth-order valence-electron chi connectivity index (χ4n) is 2.87. The molecule has 0 spiro atoms. The zero-order valence-electron chi connectivity index (χ0n) is 16.2. The molecule has 0 radical (unpaired) electrons. The third-order valence-corrected chi connectivity index (χ3v) is 4.54. The molecule has 156 valence electrons. The minimum atomic E-state index is -4.47.